The van der Waals surface area contributed by atoms with Gasteiger partial charge >= 0.3 is 0 Å². The van der Waals surface area contributed by atoms with E-state index in [1.54, 1.807) is 12.1 Å². The van der Waals surface area contributed by atoms with Crippen molar-refractivity contribution in [2.24, 2.45) is 4.99 Å². The minimum absolute atomic E-state index is 0.202. The van der Waals surface area contributed by atoms with Crippen molar-refractivity contribution in [3.8, 4) is 6.07 Å². The van der Waals surface area contributed by atoms with Crippen LogP contribution in [0.25, 0.3) is 0 Å². The number of benzene rings is 1. The average Bonchev–Trinajstić information content (AvgIpc) is 2.16. The molecule has 0 aliphatic carbocycles. The molecule has 1 aromatic carbocycles. The molecule has 0 aromatic heterocycles. The number of nitrogens with zero attached hydrogens (tertiary/aromatic N) is 2. The summed E-state index contributed by atoms with van der Waals surface area (Å²) in [5.41, 5.74) is 1.20. The fourth-order valence-electron chi connectivity index (χ4n) is 0.863. The van der Waals surface area contributed by atoms with Gasteiger partial charge in [0, 0.05) is 5.02 Å². The molecule has 0 aliphatic heterocycles. The van der Waals surface area contributed by atoms with Crippen molar-refractivity contribution in [1.82, 2.24) is 0 Å². The molecule has 0 aliphatic rings. The summed E-state index contributed by atoms with van der Waals surface area (Å²) in [5.74, 6) is 0. The van der Waals surface area contributed by atoms with Crippen molar-refractivity contribution in [2.75, 3.05) is 0 Å². The average molecular weight is 193 g/mol. The second-order valence-electron chi connectivity index (χ2n) is 2.33. The van der Waals surface area contributed by atoms with Gasteiger partial charge in [-0.3, -0.25) is 0 Å². The summed E-state index contributed by atoms with van der Waals surface area (Å²) in [5, 5.41) is 8.98. The Morgan fingerprint density at radius 3 is 2.85 bits per heavy atom. The Balaban J connectivity index is 2.99. The lowest BCUT2D eigenvalue weighted by Crippen LogP contribution is -1.84. The van der Waals surface area contributed by atoms with Crippen LogP contribution in [0.15, 0.2) is 23.2 Å². The van der Waals surface area contributed by atoms with E-state index in [2.05, 4.69) is 4.99 Å². The van der Waals surface area contributed by atoms with Crippen molar-refractivity contribution in [3.05, 3.63) is 34.3 Å². The molecule has 0 bridgehead atoms. The number of aliphatic imine (C=N–C) groups is 1. The number of halogens is 1. The van der Waals surface area contributed by atoms with Crippen molar-refractivity contribution >= 4 is 17.7 Å². The maximum atomic E-state index is 9.83. The Morgan fingerprint density at radius 1 is 1.54 bits per heavy atom. The summed E-state index contributed by atoms with van der Waals surface area (Å²) in [6, 6.07) is 6.79. The van der Waals surface area contributed by atoms with Crippen molar-refractivity contribution < 1.29 is 4.79 Å². The molecule has 13 heavy (non-hydrogen) atoms. The van der Waals surface area contributed by atoms with Crippen LogP contribution in [0.5, 0.6) is 0 Å². The first kappa shape index (κ1) is 9.47. The quantitative estimate of drug-likeness (QED) is 0.532. The van der Waals surface area contributed by atoms with Crippen LogP contribution in [0, 0.1) is 11.3 Å². The normalized spacial score (nSPS) is 8.62. The van der Waals surface area contributed by atoms with Gasteiger partial charge in [0.1, 0.15) is 0 Å². The molecule has 4 heteroatoms. The lowest BCUT2D eigenvalue weighted by Gasteiger charge is -1.98. The number of nitriles is 1. The third kappa shape index (κ3) is 2.41. The lowest BCUT2D eigenvalue weighted by atomic mass is 10.1. The van der Waals surface area contributed by atoms with E-state index in [1.807, 2.05) is 6.07 Å². The smallest absolute Gasteiger partial charge is 0.211 e. The number of carbonyl (C=O) groups excluding carboxylic acids is 1. The van der Waals surface area contributed by atoms with Crippen LogP contribution >= 0.6 is 11.6 Å². The van der Waals surface area contributed by atoms with E-state index in [-0.39, 0.29) is 6.54 Å². The molecule has 64 valence electrons. The van der Waals surface area contributed by atoms with E-state index in [0.29, 0.717) is 16.1 Å². The highest BCUT2D eigenvalue weighted by Gasteiger charge is 2.00. The monoisotopic (exact) mass is 192 g/mol. The minimum Gasteiger partial charge on any atom is -0.211 e. The fourth-order valence-corrected chi connectivity index (χ4v) is 1.10. The highest BCUT2D eigenvalue weighted by atomic mass is 35.5. The molecule has 0 spiro atoms. The highest BCUT2D eigenvalue weighted by molar-refractivity contribution is 6.31. The van der Waals surface area contributed by atoms with Gasteiger partial charge in [0.15, 0.2) is 0 Å². The summed E-state index contributed by atoms with van der Waals surface area (Å²) >= 11 is 5.80. The van der Waals surface area contributed by atoms with Crippen LogP contribution in [0.3, 0.4) is 0 Å². The van der Waals surface area contributed by atoms with Crippen LogP contribution < -0.4 is 0 Å². The van der Waals surface area contributed by atoms with Gasteiger partial charge in [-0.2, -0.15) is 5.26 Å². The predicted molar refractivity (Wildman–Crippen MR) is 48.0 cm³/mol. The molecule has 0 saturated carbocycles. The highest BCUT2D eigenvalue weighted by Crippen LogP contribution is 2.18. The number of hydrogen-bond acceptors (Lipinski definition) is 3. The molecule has 0 saturated heterocycles. The SMILES string of the molecule is N#Cc1ccc(CN=C=O)c(Cl)c1. The maximum Gasteiger partial charge on any atom is 0.235 e. The first-order valence-electron chi connectivity index (χ1n) is 3.50. The zero-order chi connectivity index (χ0) is 9.68. The fraction of sp³-hybridized carbons (Fsp3) is 0.111. The van der Waals surface area contributed by atoms with E-state index < -0.39 is 0 Å². The van der Waals surface area contributed by atoms with Crippen LogP contribution in [0.2, 0.25) is 5.02 Å². The lowest BCUT2D eigenvalue weighted by molar-refractivity contribution is 0.563. The van der Waals surface area contributed by atoms with E-state index in [1.165, 1.54) is 12.1 Å². The Morgan fingerprint density at radius 2 is 2.31 bits per heavy atom. The van der Waals surface area contributed by atoms with E-state index in [4.69, 9.17) is 16.9 Å². The van der Waals surface area contributed by atoms with E-state index >= 15 is 0 Å². The standard InChI is InChI=1S/C9H5ClN2O/c10-9-3-7(4-11)1-2-8(9)5-12-6-13/h1-3H,5H2. The topological polar surface area (TPSA) is 53.2 Å². The largest absolute Gasteiger partial charge is 0.235 e. The van der Waals surface area contributed by atoms with Gasteiger partial charge in [-0.1, -0.05) is 17.7 Å². The van der Waals surface area contributed by atoms with E-state index in [0.717, 1.165) is 0 Å². The van der Waals surface area contributed by atoms with E-state index in [9.17, 15) is 4.79 Å². The Kier molecular flexibility index (Phi) is 3.22. The van der Waals surface area contributed by atoms with Crippen LogP contribution in [-0.2, 0) is 11.3 Å². The first-order chi connectivity index (χ1) is 6.27. The van der Waals surface area contributed by atoms with Gasteiger partial charge in [-0.05, 0) is 17.7 Å². The van der Waals surface area contributed by atoms with Gasteiger partial charge in [0.2, 0.25) is 6.08 Å². The van der Waals surface area contributed by atoms with Gasteiger partial charge in [-0.15, -0.1) is 0 Å². The van der Waals surface area contributed by atoms with Crippen LogP contribution in [-0.4, -0.2) is 6.08 Å². The predicted octanol–water partition coefficient (Wildman–Crippen LogP) is 2.05. The molecular weight excluding hydrogens is 188 g/mol. The van der Waals surface area contributed by atoms with Crippen molar-refractivity contribution in [3.63, 3.8) is 0 Å². The molecule has 0 radical (unpaired) electrons. The number of rotatable bonds is 2. The molecule has 3 nitrogen and oxygen atoms in total. The van der Waals surface area contributed by atoms with Crippen LogP contribution in [0.1, 0.15) is 11.1 Å². The molecule has 0 N–H and O–H groups in total. The second-order valence-corrected chi connectivity index (χ2v) is 2.73. The Labute approximate surface area is 80.3 Å². The van der Waals surface area contributed by atoms with Gasteiger partial charge in [-0.25, -0.2) is 9.79 Å². The van der Waals surface area contributed by atoms with Gasteiger partial charge in [0.05, 0.1) is 18.2 Å². The van der Waals surface area contributed by atoms with Crippen molar-refractivity contribution in [1.29, 1.82) is 5.26 Å². The third-order valence-electron chi connectivity index (χ3n) is 1.50. The Bertz CT molecular complexity index is 403. The number of isocyanates is 1. The summed E-state index contributed by atoms with van der Waals surface area (Å²) in [6.07, 6.45) is 1.42. The zero-order valence-corrected chi connectivity index (χ0v) is 7.38. The molecule has 0 unspecified atom stereocenters. The molecule has 1 aromatic rings. The maximum absolute atomic E-state index is 9.83. The molecule has 0 amide bonds. The summed E-state index contributed by atoms with van der Waals surface area (Å²) < 4.78 is 0. The molecule has 0 fully saturated rings. The summed E-state index contributed by atoms with van der Waals surface area (Å²) in [7, 11) is 0. The molecule has 1 rings (SSSR count). The van der Waals surface area contributed by atoms with Gasteiger partial charge < -0.3 is 0 Å². The molecule has 0 atom stereocenters. The van der Waals surface area contributed by atoms with Crippen LogP contribution in [0.4, 0.5) is 0 Å². The van der Waals surface area contributed by atoms with Gasteiger partial charge in [0.25, 0.3) is 0 Å². The summed E-state index contributed by atoms with van der Waals surface area (Å²) in [6.45, 7) is 0.202. The molecular formula is C9H5ClN2O. The molecule has 0 heterocycles. The Hall–Kier alpha value is -1.62. The number of hydrogen-bond donors (Lipinski definition) is 0. The minimum atomic E-state index is 0.202. The first-order valence-corrected chi connectivity index (χ1v) is 3.88. The van der Waals surface area contributed by atoms with Crippen molar-refractivity contribution in [2.45, 2.75) is 6.54 Å². The third-order valence-corrected chi connectivity index (χ3v) is 1.85. The zero-order valence-electron chi connectivity index (χ0n) is 6.62. The summed E-state index contributed by atoms with van der Waals surface area (Å²) in [4.78, 5) is 13.2. The second kappa shape index (κ2) is 4.42.